The van der Waals surface area contributed by atoms with Gasteiger partial charge in [-0.3, -0.25) is 0 Å². The monoisotopic (exact) mass is 215 g/mol. The van der Waals surface area contributed by atoms with E-state index in [1.807, 2.05) is 0 Å². The number of hydrogen-bond donors (Lipinski definition) is 1. The Bertz CT molecular complexity index is 158. The third kappa shape index (κ3) is 4.09. The number of rotatable bonds is 6. The number of nitrogens with one attached hydrogen (secondary N) is 1. The lowest BCUT2D eigenvalue weighted by Crippen LogP contribution is -2.47. The minimum atomic E-state index is 0.291. The summed E-state index contributed by atoms with van der Waals surface area (Å²) in [5, 5.41) is 3.61. The third-order valence-electron chi connectivity index (χ3n) is 3.28. The van der Waals surface area contributed by atoms with E-state index in [9.17, 15) is 0 Å². The van der Waals surface area contributed by atoms with Gasteiger partial charge in [0.2, 0.25) is 0 Å². The molecular weight excluding hydrogens is 190 g/mol. The van der Waals surface area contributed by atoms with E-state index in [2.05, 4.69) is 19.2 Å². The maximum atomic E-state index is 5.46. The summed E-state index contributed by atoms with van der Waals surface area (Å²) >= 11 is 0. The lowest BCUT2D eigenvalue weighted by Gasteiger charge is -2.34. The molecule has 1 rings (SSSR count). The first-order valence-corrected chi connectivity index (χ1v) is 6.13. The summed E-state index contributed by atoms with van der Waals surface area (Å²) in [6, 6.07) is 0.485. The first kappa shape index (κ1) is 12.9. The van der Waals surface area contributed by atoms with E-state index in [1.54, 1.807) is 7.11 Å². The summed E-state index contributed by atoms with van der Waals surface area (Å²) in [4.78, 5) is 0. The van der Waals surface area contributed by atoms with Crippen molar-refractivity contribution in [3.05, 3.63) is 0 Å². The van der Waals surface area contributed by atoms with E-state index in [4.69, 9.17) is 9.47 Å². The summed E-state index contributed by atoms with van der Waals surface area (Å²) in [5.74, 6) is 0.709. The first-order chi connectivity index (χ1) is 7.29. The molecule has 1 N–H and O–H groups in total. The largest absolute Gasteiger partial charge is 0.381 e. The van der Waals surface area contributed by atoms with Crippen molar-refractivity contribution in [1.82, 2.24) is 5.32 Å². The smallest absolute Gasteiger partial charge is 0.0698 e. The van der Waals surface area contributed by atoms with Crippen LogP contribution in [0.15, 0.2) is 0 Å². The lowest BCUT2D eigenvalue weighted by atomic mass is 9.88. The molecule has 0 aromatic carbocycles. The molecule has 90 valence electrons. The molecule has 3 nitrogen and oxygen atoms in total. The molecule has 0 aromatic heterocycles. The molecule has 2 atom stereocenters. The quantitative estimate of drug-likeness (QED) is 0.733. The van der Waals surface area contributed by atoms with Gasteiger partial charge in [0, 0.05) is 26.4 Å². The third-order valence-corrected chi connectivity index (χ3v) is 3.28. The fourth-order valence-corrected chi connectivity index (χ4v) is 2.25. The molecule has 0 bridgehead atoms. The molecule has 0 spiro atoms. The zero-order valence-corrected chi connectivity index (χ0v) is 10.3. The van der Waals surface area contributed by atoms with Crippen LogP contribution < -0.4 is 5.32 Å². The Labute approximate surface area is 93.5 Å². The molecule has 1 saturated heterocycles. The standard InChI is InChI=1S/C12H25NO2/c1-4-7-13-12(10(2)14-3)11-5-8-15-9-6-11/h10-13H,4-9H2,1-3H3. The van der Waals surface area contributed by atoms with Crippen LogP contribution in [0.2, 0.25) is 0 Å². The predicted octanol–water partition coefficient (Wildman–Crippen LogP) is 1.82. The molecule has 0 aliphatic carbocycles. The van der Waals surface area contributed by atoms with Gasteiger partial charge < -0.3 is 14.8 Å². The minimum Gasteiger partial charge on any atom is -0.381 e. The Hall–Kier alpha value is -0.120. The average Bonchev–Trinajstić information content (AvgIpc) is 2.30. The SMILES string of the molecule is CCCNC(C1CCOCC1)C(C)OC. The number of ether oxygens (including phenoxy) is 2. The van der Waals surface area contributed by atoms with Gasteiger partial charge in [-0.2, -0.15) is 0 Å². The van der Waals surface area contributed by atoms with E-state index in [0.717, 1.165) is 32.6 Å². The molecule has 15 heavy (non-hydrogen) atoms. The Morgan fingerprint density at radius 1 is 1.40 bits per heavy atom. The number of hydrogen-bond acceptors (Lipinski definition) is 3. The molecular formula is C12H25NO2. The normalized spacial score (nSPS) is 22.6. The van der Waals surface area contributed by atoms with Gasteiger partial charge in [-0.25, -0.2) is 0 Å². The fourth-order valence-electron chi connectivity index (χ4n) is 2.25. The van der Waals surface area contributed by atoms with Crippen LogP contribution in [0.1, 0.15) is 33.1 Å². The van der Waals surface area contributed by atoms with E-state index < -0.39 is 0 Å². The summed E-state index contributed by atoms with van der Waals surface area (Å²) in [6.07, 6.45) is 3.79. The van der Waals surface area contributed by atoms with Crippen LogP contribution in [0.4, 0.5) is 0 Å². The molecule has 1 aliphatic rings. The lowest BCUT2D eigenvalue weighted by molar-refractivity contribution is 0.0106. The average molecular weight is 215 g/mol. The molecule has 0 radical (unpaired) electrons. The molecule has 3 heteroatoms. The van der Waals surface area contributed by atoms with Gasteiger partial charge in [0.1, 0.15) is 0 Å². The fraction of sp³-hybridized carbons (Fsp3) is 1.00. The van der Waals surface area contributed by atoms with E-state index in [1.165, 1.54) is 6.42 Å². The highest BCUT2D eigenvalue weighted by molar-refractivity contribution is 4.83. The summed E-state index contributed by atoms with van der Waals surface area (Å²) in [7, 11) is 1.80. The van der Waals surface area contributed by atoms with Crippen molar-refractivity contribution in [3.8, 4) is 0 Å². The van der Waals surface area contributed by atoms with Gasteiger partial charge in [-0.05, 0) is 38.6 Å². The number of methoxy groups -OCH3 is 1. The van der Waals surface area contributed by atoms with Gasteiger partial charge in [-0.1, -0.05) is 6.92 Å². The second-order valence-corrected chi connectivity index (χ2v) is 4.37. The highest BCUT2D eigenvalue weighted by Gasteiger charge is 2.27. The van der Waals surface area contributed by atoms with Crippen LogP contribution in [0.3, 0.4) is 0 Å². The molecule has 1 fully saturated rings. The summed E-state index contributed by atoms with van der Waals surface area (Å²) < 4.78 is 10.9. The Morgan fingerprint density at radius 3 is 2.60 bits per heavy atom. The van der Waals surface area contributed by atoms with Crippen molar-refractivity contribution in [1.29, 1.82) is 0 Å². The van der Waals surface area contributed by atoms with E-state index in [0.29, 0.717) is 18.1 Å². The van der Waals surface area contributed by atoms with Gasteiger partial charge in [0.05, 0.1) is 6.10 Å². The predicted molar refractivity (Wildman–Crippen MR) is 62.1 cm³/mol. The van der Waals surface area contributed by atoms with Crippen molar-refractivity contribution in [2.75, 3.05) is 26.9 Å². The van der Waals surface area contributed by atoms with Crippen molar-refractivity contribution in [2.45, 2.75) is 45.3 Å². The van der Waals surface area contributed by atoms with E-state index >= 15 is 0 Å². The van der Waals surface area contributed by atoms with Crippen molar-refractivity contribution in [2.24, 2.45) is 5.92 Å². The van der Waals surface area contributed by atoms with Crippen LogP contribution >= 0.6 is 0 Å². The summed E-state index contributed by atoms with van der Waals surface area (Å²) in [6.45, 7) is 7.25. The van der Waals surface area contributed by atoms with Crippen LogP contribution in [-0.4, -0.2) is 39.0 Å². The molecule has 0 aromatic rings. The Kier molecular flexibility index (Phi) is 6.22. The minimum absolute atomic E-state index is 0.291. The van der Waals surface area contributed by atoms with Crippen molar-refractivity contribution < 1.29 is 9.47 Å². The zero-order valence-electron chi connectivity index (χ0n) is 10.3. The molecule has 2 unspecified atom stereocenters. The van der Waals surface area contributed by atoms with Crippen molar-refractivity contribution >= 4 is 0 Å². The first-order valence-electron chi connectivity index (χ1n) is 6.13. The zero-order chi connectivity index (χ0) is 11.1. The maximum absolute atomic E-state index is 5.46. The Morgan fingerprint density at radius 2 is 2.07 bits per heavy atom. The van der Waals surface area contributed by atoms with Crippen LogP contribution in [0.5, 0.6) is 0 Å². The molecule has 1 heterocycles. The van der Waals surface area contributed by atoms with Gasteiger partial charge >= 0.3 is 0 Å². The second-order valence-electron chi connectivity index (χ2n) is 4.37. The topological polar surface area (TPSA) is 30.5 Å². The van der Waals surface area contributed by atoms with Gasteiger partial charge in [0.25, 0.3) is 0 Å². The maximum Gasteiger partial charge on any atom is 0.0698 e. The highest BCUT2D eigenvalue weighted by Crippen LogP contribution is 2.21. The van der Waals surface area contributed by atoms with Crippen LogP contribution in [0.25, 0.3) is 0 Å². The molecule has 0 amide bonds. The van der Waals surface area contributed by atoms with Gasteiger partial charge in [-0.15, -0.1) is 0 Å². The van der Waals surface area contributed by atoms with Gasteiger partial charge in [0.15, 0.2) is 0 Å². The molecule has 1 aliphatic heterocycles. The van der Waals surface area contributed by atoms with Crippen LogP contribution in [0, 0.1) is 5.92 Å². The highest BCUT2D eigenvalue weighted by atomic mass is 16.5. The second kappa shape index (κ2) is 7.20. The summed E-state index contributed by atoms with van der Waals surface area (Å²) in [5.41, 5.74) is 0. The van der Waals surface area contributed by atoms with E-state index in [-0.39, 0.29) is 0 Å². The Balaban J connectivity index is 2.45. The van der Waals surface area contributed by atoms with Crippen LogP contribution in [-0.2, 0) is 9.47 Å². The van der Waals surface area contributed by atoms with Crippen molar-refractivity contribution in [3.63, 3.8) is 0 Å². The molecule has 0 saturated carbocycles.